The number of amides is 2. The molecular formula is C29H24ClFN4O3. The van der Waals surface area contributed by atoms with Gasteiger partial charge in [-0.15, -0.1) is 0 Å². The standard InChI is InChI=1S/C29H24ClFN4O3/c1-17-25(15-34-28(37)21-9-4-5-10-22(21)29(34)38)35(26(32-17)16-33(2)3)24-12-11-20(31)14-23(24)27(36)18-7-6-8-19(30)13-18/h4-14H,15-16H2,1-3H3. The molecule has 1 aliphatic heterocycles. The fourth-order valence-corrected chi connectivity index (χ4v) is 4.88. The molecule has 0 aliphatic carbocycles. The van der Waals surface area contributed by atoms with Gasteiger partial charge in [0.2, 0.25) is 0 Å². The van der Waals surface area contributed by atoms with Gasteiger partial charge in [0.05, 0.1) is 41.3 Å². The molecule has 0 fully saturated rings. The third kappa shape index (κ3) is 4.53. The Kier molecular flexibility index (Phi) is 6.69. The first-order chi connectivity index (χ1) is 18.2. The molecule has 2 heterocycles. The van der Waals surface area contributed by atoms with Crippen molar-refractivity contribution in [1.82, 2.24) is 19.4 Å². The highest BCUT2D eigenvalue weighted by Crippen LogP contribution is 2.30. The summed E-state index contributed by atoms with van der Waals surface area (Å²) >= 11 is 6.12. The van der Waals surface area contributed by atoms with Crippen molar-refractivity contribution >= 4 is 29.2 Å². The first-order valence-electron chi connectivity index (χ1n) is 11.9. The maximum Gasteiger partial charge on any atom is 0.261 e. The number of imide groups is 1. The fraction of sp³-hybridized carbons (Fsp3) is 0.172. The Morgan fingerprint density at radius 2 is 1.66 bits per heavy atom. The van der Waals surface area contributed by atoms with Crippen LogP contribution in [0, 0.1) is 12.7 Å². The van der Waals surface area contributed by atoms with Crippen LogP contribution in [0.3, 0.4) is 0 Å². The van der Waals surface area contributed by atoms with Crippen LogP contribution in [0.15, 0.2) is 66.7 Å². The van der Waals surface area contributed by atoms with Crippen LogP contribution < -0.4 is 0 Å². The quantitative estimate of drug-likeness (QED) is 0.246. The van der Waals surface area contributed by atoms with Crippen LogP contribution in [0.4, 0.5) is 4.39 Å². The number of halogens is 2. The first kappa shape index (κ1) is 25.5. The van der Waals surface area contributed by atoms with E-state index < -0.39 is 23.4 Å². The van der Waals surface area contributed by atoms with Gasteiger partial charge in [0.15, 0.2) is 5.78 Å². The van der Waals surface area contributed by atoms with E-state index in [1.54, 1.807) is 54.0 Å². The summed E-state index contributed by atoms with van der Waals surface area (Å²) < 4.78 is 16.3. The smallest absolute Gasteiger partial charge is 0.261 e. The van der Waals surface area contributed by atoms with E-state index in [4.69, 9.17) is 16.6 Å². The Morgan fingerprint density at radius 3 is 2.29 bits per heavy atom. The summed E-state index contributed by atoms with van der Waals surface area (Å²) in [6.45, 7) is 2.11. The van der Waals surface area contributed by atoms with Crippen LogP contribution in [-0.2, 0) is 13.1 Å². The summed E-state index contributed by atoms with van der Waals surface area (Å²) in [5.74, 6) is -1.23. The molecule has 4 aromatic rings. The van der Waals surface area contributed by atoms with Gasteiger partial charge in [-0.05, 0) is 63.5 Å². The summed E-state index contributed by atoms with van der Waals surface area (Å²) in [7, 11) is 3.75. The Balaban J connectivity index is 1.66. The molecule has 7 nitrogen and oxygen atoms in total. The molecule has 0 unspecified atom stereocenters. The topological polar surface area (TPSA) is 75.5 Å². The van der Waals surface area contributed by atoms with Crippen molar-refractivity contribution < 1.29 is 18.8 Å². The number of carbonyl (C=O) groups is 3. The summed E-state index contributed by atoms with van der Waals surface area (Å²) in [5, 5.41) is 0.381. The number of imidazole rings is 1. The predicted octanol–water partition coefficient (Wildman–Crippen LogP) is 5.06. The summed E-state index contributed by atoms with van der Waals surface area (Å²) in [4.78, 5) is 47.7. The van der Waals surface area contributed by atoms with Crippen LogP contribution in [0.2, 0.25) is 5.02 Å². The molecule has 1 aliphatic rings. The second kappa shape index (κ2) is 9.96. The van der Waals surface area contributed by atoms with Crippen molar-refractivity contribution in [3.05, 3.63) is 117 Å². The van der Waals surface area contributed by atoms with E-state index in [2.05, 4.69) is 0 Å². The van der Waals surface area contributed by atoms with Gasteiger partial charge in [0.25, 0.3) is 11.8 Å². The minimum absolute atomic E-state index is 0.0687. The number of ketones is 1. The van der Waals surface area contributed by atoms with Gasteiger partial charge in [-0.25, -0.2) is 9.37 Å². The highest BCUT2D eigenvalue weighted by atomic mass is 35.5. The maximum absolute atomic E-state index is 14.5. The minimum atomic E-state index is -0.577. The number of fused-ring (bicyclic) bond motifs is 1. The summed E-state index contributed by atoms with van der Waals surface area (Å²) in [6.07, 6.45) is 0. The molecule has 0 spiro atoms. The SMILES string of the molecule is Cc1nc(CN(C)C)n(-c2ccc(F)cc2C(=O)c2cccc(Cl)c2)c1CN1C(=O)c2ccccc2C1=O. The second-order valence-corrected chi connectivity index (χ2v) is 9.81. The second-order valence-electron chi connectivity index (χ2n) is 9.38. The van der Waals surface area contributed by atoms with Crippen molar-refractivity contribution in [3.63, 3.8) is 0 Å². The molecule has 0 N–H and O–H groups in total. The predicted molar refractivity (Wildman–Crippen MR) is 141 cm³/mol. The van der Waals surface area contributed by atoms with E-state index in [0.717, 1.165) is 0 Å². The van der Waals surface area contributed by atoms with Crippen LogP contribution >= 0.6 is 11.6 Å². The number of benzene rings is 3. The Bertz CT molecular complexity index is 1580. The molecule has 0 radical (unpaired) electrons. The molecule has 1 aromatic heterocycles. The number of rotatable bonds is 7. The van der Waals surface area contributed by atoms with Gasteiger partial charge < -0.3 is 4.90 Å². The van der Waals surface area contributed by atoms with E-state index in [1.165, 1.54) is 29.2 Å². The summed E-state index contributed by atoms with van der Waals surface area (Å²) in [5.41, 5.74) is 2.61. The number of hydrogen-bond donors (Lipinski definition) is 0. The first-order valence-corrected chi connectivity index (χ1v) is 12.3. The number of hydrogen-bond acceptors (Lipinski definition) is 5. The third-order valence-electron chi connectivity index (χ3n) is 6.42. The number of carbonyl (C=O) groups excluding carboxylic acids is 3. The Labute approximate surface area is 224 Å². The molecule has 0 saturated carbocycles. The van der Waals surface area contributed by atoms with Gasteiger partial charge in [-0.3, -0.25) is 23.9 Å². The molecule has 9 heteroatoms. The van der Waals surface area contributed by atoms with E-state index in [0.29, 0.717) is 51.2 Å². The zero-order valence-corrected chi connectivity index (χ0v) is 21.8. The normalized spacial score (nSPS) is 12.9. The summed E-state index contributed by atoms with van der Waals surface area (Å²) in [6, 6.07) is 17.1. The average Bonchev–Trinajstić information content (AvgIpc) is 3.31. The zero-order chi connectivity index (χ0) is 27.1. The van der Waals surface area contributed by atoms with Crippen molar-refractivity contribution in [1.29, 1.82) is 0 Å². The van der Waals surface area contributed by atoms with Gasteiger partial charge in [0, 0.05) is 16.1 Å². The van der Waals surface area contributed by atoms with Gasteiger partial charge in [-0.1, -0.05) is 35.9 Å². The van der Waals surface area contributed by atoms with E-state index in [1.807, 2.05) is 19.0 Å². The van der Waals surface area contributed by atoms with Gasteiger partial charge >= 0.3 is 0 Å². The Morgan fingerprint density at radius 1 is 0.974 bits per heavy atom. The average molecular weight is 531 g/mol. The van der Waals surface area contributed by atoms with E-state index >= 15 is 0 Å². The van der Waals surface area contributed by atoms with Gasteiger partial charge in [0.1, 0.15) is 11.6 Å². The molecule has 192 valence electrons. The molecule has 5 rings (SSSR count). The largest absolute Gasteiger partial charge is 0.302 e. The monoisotopic (exact) mass is 530 g/mol. The highest BCUT2D eigenvalue weighted by molar-refractivity contribution is 6.31. The van der Waals surface area contributed by atoms with Crippen molar-refractivity contribution in [2.75, 3.05) is 14.1 Å². The lowest BCUT2D eigenvalue weighted by molar-refractivity contribution is 0.0639. The molecule has 3 aromatic carbocycles. The third-order valence-corrected chi connectivity index (χ3v) is 6.65. The van der Waals surface area contributed by atoms with Crippen molar-refractivity contribution in [3.8, 4) is 5.69 Å². The zero-order valence-electron chi connectivity index (χ0n) is 21.0. The van der Waals surface area contributed by atoms with Crippen LogP contribution in [-0.4, -0.2) is 51.0 Å². The Hall–Kier alpha value is -4.14. The molecule has 0 bridgehead atoms. The van der Waals surface area contributed by atoms with E-state index in [-0.39, 0.29) is 12.1 Å². The van der Waals surface area contributed by atoms with E-state index in [9.17, 15) is 18.8 Å². The lowest BCUT2D eigenvalue weighted by atomic mass is 10.0. The van der Waals surface area contributed by atoms with Crippen molar-refractivity contribution in [2.24, 2.45) is 0 Å². The van der Waals surface area contributed by atoms with Crippen LogP contribution in [0.1, 0.15) is 53.8 Å². The fourth-order valence-electron chi connectivity index (χ4n) is 4.69. The number of aryl methyl sites for hydroxylation is 1. The number of nitrogens with zero attached hydrogens (tertiary/aromatic N) is 4. The number of aromatic nitrogens is 2. The highest BCUT2D eigenvalue weighted by Gasteiger charge is 2.36. The molecular weight excluding hydrogens is 507 g/mol. The molecule has 38 heavy (non-hydrogen) atoms. The van der Waals surface area contributed by atoms with Crippen LogP contribution in [0.25, 0.3) is 5.69 Å². The van der Waals surface area contributed by atoms with Gasteiger partial charge in [-0.2, -0.15) is 0 Å². The minimum Gasteiger partial charge on any atom is -0.302 e. The lowest BCUT2D eigenvalue weighted by Crippen LogP contribution is -2.30. The molecule has 2 amide bonds. The van der Waals surface area contributed by atoms with Crippen molar-refractivity contribution in [2.45, 2.75) is 20.0 Å². The van der Waals surface area contributed by atoms with Crippen LogP contribution in [0.5, 0.6) is 0 Å². The lowest BCUT2D eigenvalue weighted by Gasteiger charge is -2.20. The molecule has 0 atom stereocenters. The maximum atomic E-state index is 14.5. The molecule has 0 saturated heterocycles.